The van der Waals surface area contributed by atoms with Gasteiger partial charge >= 0.3 is 0 Å². The lowest BCUT2D eigenvalue weighted by molar-refractivity contribution is 0.0494. The largest absolute Gasteiger partial charge is 0.481 e. The molecule has 1 aliphatic rings. The first-order chi connectivity index (χ1) is 12.7. The van der Waals surface area contributed by atoms with Crippen LogP contribution >= 0.6 is 0 Å². The number of ether oxygens (including phenoxy) is 3. The Hall–Kier alpha value is -2.52. The van der Waals surface area contributed by atoms with Crippen LogP contribution in [0.2, 0.25) is 0 Å². The molecule has 0 bridgehead atoms. The third-order valence-corrected chi connectivity index (χ3v) is 4.15. The van der Waals surface area contributed by atoms with Crippen molar-refractivity contribution in [1.82, 2.24) is 20.0 Å². The van der Waals surface area contributed by atoms with Crippen molar-refractivity contribution in [3.8, 4) is 5.88 Å². The number of methoxy groups -OCH3 is 2. The SMILES string of the molecule is COCCOCc1nc(C2CCCN2C(=O)c2ccc(OC)nc2)no1. The van der Waals surface area contributed by atoms with Crippen molar-refractivity contribution in [2.45, 2.75) is 25.5 Å². The van der Waals surface area contributed by atoms with Crippen molar-refractivity contribution < 1.29 is 23.5 Å². The van der Waals surface area contributed by atoms with Crippen LogP contribution in [0.25, 0.3) is 0 Å². The zero-order valence-corrected chi connectivity index (χ0v) is 14.9. The van der Waals surface area contributed by atoms with Gasteiger partial charge in [-0.25, -0.2) is 4.98 Å². The molecule has 1 amide bonds. The highest BCUT2D eigenvalue weighted by Crippen LogP contribution is 2.31. The van der Waals surface area contributed by atoms with Crippen molar-refractivity contribution in [2.75, 3.05) is 34.0 Å². The average Bonchev–Trinajstić information content (AvgIpc) is 3.34. The van der Waals surface area contributed by atoms with Crippen molar-refractivity contribution >= 4 is 5.91 Å². The van der Waals surface area contributed by atoms with Crippen LogP contribution in [0.3, 0.4) is 0 Å². The molecule has 0 N–H and O–H groups in total. The van der Waals surface area contributed by atoms with E-state index in [-0.39, 0.29) is 18.6 Å². The molecule has 1 aliphatic heterocycles. The van der Waals surface area contributed by atoms with Crippen LogP contribution in [0, 0.1) is 0 Å². The molecule has 3 rings (SSSR count). The molecule has 1 atom stereocenters. The van der Waals surface area contributed by atoms with Crippen molar-refractivity contribution in [1.29, 1.82) is 0 Å². The van der Waals surface area contributed by atoms with E-state index in [2.05, 4.69) is 15.1 Å². The number of hydrogen-bond donors (Lipinski definition) is 0. The van der Waals surface area contributed by atoms with E-state index in [4.69, 9.17) is 18.7 Å². The Balaban J connectivity index is 1.65. The van der Waals surface area contributed by atoms with Gasteiger partial charge in [0.25, 0.3) is 11.8 Å². The molecule has 1 fully saturated rings. The highest BCUT2D eigenvalue weighted by Gasteiger charge is 2.34. The van der Waals surface area contributed by atoms with Crippen LogP contribution < -0.4 is 4.74 Å². The number of carbonyl (C=O) groups is 1. The number of rotatable bonds is 8. The van der Waals surface area contributed by atoms with E-state index in [0.717, 1.165) is 12.8 Å². The molecule has 1 saturated heterocycles. The van der Waals surface area contributed by atoms with Gasteiger partial charge in [0.05, 0.1) is 31.9 Å². The molecule has 0 spiro atoms. The van der Waals surface area contributed by atoms with Crippen LogP contribution in [0.4, 0.5) is 0 Å². The second kappa shape index (κ2) is 8.72. The zero-order chi connectivity index (χ0) is 18.4. The van der Waals surface area contributed by atoms with Crippen LogP contribution in [0.1, 0.15) is 41.0 Å². The average molecular weight is 362 g/mol. The minimum Gasteiger partial charge on any atom is -0.481 e. The Kier molecular flexibility index (Phi) is 6.13. The van der Waals surface area contributed by atoms with Gasteiger partial charge in [-0.15, -0.1) is 0 Å². The molecule has 0 radical (unpaired) electrons. The normalized spacial score (nSPS) is 16.8. The van der Waals surface area contributed by atoms with Gasteiger partial charge in [-0.3, -0.25) is 4.79 Å². The van der Waals surface area contributed by atoms with Crippen molar-refractivity contribution in [3.63, 3.8) is 0 Å². The Morgan fingerprint density at radius 3 is 2.96 bits per heavy atom. The topological polar surface area (TPSA) is 99.8 Å². The lowest BCUT2D eigenvalue weighted by Gasteiger charge is -2.22. The van der Waals surface area contributed by atoms with E-state index in [1.807, 2.05) is 0 Å². The van der Waals surface area contributed by atoms with Gasteiger partial charge in [0.2, 0.25) is 5.88 Å². The number of likely N-dealkylation sites (tertiary alicyclic amines) is 1. The van der Waals surface area contributed by atoms with Crippen LogP contribution in [0.15, 0.2) is 22.9 Å². The summed E-state index contributed by atoms with van der Waals surface area (Å²) in [5.41, 5.74) is 0.504. The van der Waals surface area contributed by atoms with Crippen LogP contribution in [0.5, 0.6) is 5.88 Å². The molecule has 2 aromatic rings. The van der Waals surface area contributed by atoms with Crippen molar-refractivity contribution in [2.24, 2.45) is 0 Å². The molecule has 0 aliphatic carbocycles. The van der Waals surface area contributed by atoms with Gasteiger partial charge in [0.15, 0.2) is 5.82 Å². The summed E-state index contributed by atoms with van der Waals surface area (Å²) in [7, 11) is 3.14. The quantitative estimate of drug-likeness (QED) is 0.653. The number of nitrogens with zero attached hydrogens (tertiary/aromatic N) is 4. The van der Waals surface area contributed by atoms with Gasteiger partial charge < -0.3 is 23.6 Å². The molecule has 9 heteroatoms. The number of amides is 1. The zero-order valence-electron chi connectivity index (χ0n) is 14.9. The minimum absolute atomic E-state index is 0.106. The van der Waals surface area contributed by atoms with Crippen molar-refractivity contribution in [3.05, 3.63) is 35.6 Å². The second-order valence-electron chi connectivity index (χ2n) is 5.84. The fraction of sp³-hybridized carbons (Fsp3) is 0.529. The third-order valence-electron chi connectivity index (χ3n) is 4.15. The summed E-state index contributed by atoms with van der Waals surface area (Å²) in [6.45, 7) is 1.82. The first-order valence-electron chi connectivity index (χ1n) is 8.43. The molecule has 0 saturated carbocycles. The van der Waals surface area contributed by atoms with E-state index in [1.165, 1.54) is 13.3 Å². The van der Waals surface area contributed by atoms with E-state index in [9.17, 15) is 4.79 Å². The number of aromatic nitrogens is 3. The highest BCUT2D eigenvalue weighted by molar-refractivity contribution is 5.94. The Morgan fingerprint density at radius 1 is 1.35 bits per heavy atom. The summed E-state index contributed by atoms with van der Waals surface area (Å²) >= 11 is 0. The molecule has 1 unspecified atom stereocenters. The number of hydrogen-bond acceptors (Lipinski definition) is 8. The summed E-state index contributed by atoms with van der Waals surface area (Å²) in [5, 5.41) is 4.02. The van der Waals surface area contributed by atoms with Gasteiger partial charge in [-0.05, 0) is 18.9 Å². The predicted molar refractivity (Wildman–Crippen MR) is 89.6 cm³/mol. The van der Waals surface area contributed by atoms with Gasteiger partial charge in [0.1, 0.15) is 6.61 Å². The maximum atomic E-state index is 12.8. The first-order valence-corrected chi connectivity index (χ1v) is 8.43. The maximum Gasteiger partial charge on any atom is 0.256 e. The summed E-state index contributed by atoms with van der Waals surface area (Å²) in [5.74, 6) is 1.25. The smallest absolute Gasteiger partial charge is 0.256 e. The molecular weight excluding hydrogens is 340 g/mol. The molecule has 2 aromatic heterocycles. The molecule has 9 nitrogen and oxygen atoms in total. The molecule has 0 aromatic carbocycles. The molecule has 140 valence electrons. The Morgan fingerprint density at radius 2 is 2.23 bits per heavy atom. The van der Waals surface area contributed by atoms with Gasteiger partial charge in [0, 0.05) is 25.9 Å². The standard InChI is InChI=1S/C17H22N4O5/c1-23-8-9-25-11-15-19-16(20-26-15)13-4-3-7-21(13)17(22)12-5-6-14(24-2)18-10-12/h5-6,10,13H,3-4,7-9,11H2,1-2H3. The molecular formula is C17H22N4O5. The summed E-state index contributed by atoms with van der Waals surface area (Å²) < 4.78 is 20.5. The lowest BCUT2D eigenvalue weighted by atomic mass is 10.2. The van der Waals surface area contributed by atoms with Gasteiger partial charge in [-0.2, -0.15) is 4.98 Å². The summed E-state index contributed by atoms with van der Waals surface area (Å²) in [6.07, 6.45) is 3.19. The molecule has 3 heterocycles. The number of carbonyl (C=O) groups excluding carboxylic acids is 1. The Bertz CT molecular complexity index is 718. The molecule has 26 heavy (non-hydrogen) atoms. The Labute approximate surface area is 151 Å². The van der Waals surface area contributed by atoms with Gasteiger partial charge in [-0.1, -0.05) is 5.16 Å². The lowest BCUT2D eigenvalue weighted by Crippen LogP contribution is -2.31. The van der Waals surface area contributed by atoms with E-state index in [1.54, 1.807) is 24.1 Å². The maximum absolute atomic E-state index is 12.8. The first kappa shape index (κ1) is 18.3. The minimum atomic E-state index is -0.207. The summed E-state index contributed by atoms with van der Waals surface area (Å²) in [6, 6.07) is 3.16. The second-order valence-corrected chi connectivity index (χ2v) is 5.84. The monoisotopic (exact) mass is 362 g/mol. The highest BCUT2D eigenvalue weighted by atomic mass is 16.5. The fourth-order valence-electron chi connectivity index (χ4n) is 2.84. The number of pyridine rings is 1. The fourth-order valence-corrected chi connectivity index (χ4v) is 2.84. The summed E-state index contributed by atoms with van der Waals surface area (Å²) in [4.78, 5) is 23.0. The van der Waals surface area contributed by atoms with E-state index < -0.39 is 0 Å². The third kappa shape index (κ3) is 4.17. The van der Waals surface area contributed by atoms with E-state index >= 15 is 0 Å². The van der Waals surface area contributed by atoms with Crippen LogP contribution in [-0.4, -0.2) is 59.9 Å². The predicted octanol–water partition coefficient (Wildman–Crippen LogP) is 1.61. The van der Waals surface area contributed by atoms with Crippen LogP contribution in [-0.2, 0) is 16.1 Å². The van der Waals surface area contributed by atoms with E-state index in [0.29, 0.717) is 42.9 Å².